The topological polar surface area (TPSA) is 66.5 Å². The molecule has 1 fully saturated rings. The Kier molecular flexibility index (Phi) is 7.69. The molecule has 0 radical (unpaired) electrons. The molecule has 1 amide bonds. The zero-order valence-corrected chi connectivity index (χ0v) is 20.2. The standard InChI is InChI=1S/C21H32Cl2N2O3S/c1-20(2,3)14-21(4,5)24-19(26)15-8-10-25(11-9-15)29(27,28)13-16-6-7-17(22)12-18(16)23/h6-7,12,15H,8-11,13-14H2,1-5H3,(H,24,26). The number of carbonyl (C=O) groups excluding carboxylic acids is 1. The lowest BCUT2D eigenvalue weighted by Crippen LogP contribution is -2.50. The normalized spacial score (nSPS) is 17.3. The first-order chi connectivity index (χ1) is 13.2. The van der Waals surface area contributed by atoms with Gasteiger partial charge in [-0.2, -0.15) is 0 Å². The molecule has 0 unspecified atom stereocenters. The summed E-state index contributed by atoms with van der Waals surface area (Å²) in [7, 11) is -3.51. The van der Waals surface area contributed by atoms with Crippen LogP contribution in [0, 0.1) is 11.3 Å². The van der Waals surface area contributed by atoms with E-state index in [0.29, 0.717) is 41.5 Å². The molecule has 0 aliphatic carbocycles. The van der Waals surface area contributed by atoms with Crippen LogP contribution in [-0.4, -0.2) is 37.3 Å². The van der Waals surface area contributed by atoms with Crippen molar-refractivity contribution in [3.63, 3.8) is 0 Å². The molecule has 1 aromatic carbocycles. The van der Waals surface area contributed by atoms with Gasteiger partial charge in [-0.3, -0.25) is 4.79 Å². The molecule has 0 spiro atoms. The van der Waals surface area contributed by atoms with Crippen molar-refractivity contribution in [3.05, 3.63) is 33.8 Å². The number of nitrogens with zero attached hydrogens (tertiary/aromatic N) is 1. The molecule has 164 valence electrons. The maximum atomic E-state index is 12.8. The van der Waals surface area contributed by atoms with E-state index >= 15 is 0 Å². The molecule has 0 bridgehead atoms. The van der Waals surface area contributed by atoms with Crippen molar-refractivity contribution >= 4 is 39.1 Å². The van der Waals surface area contributed by atoms with Crippen molar-refractivity contribution in [2.24, 2.45) is 11.3 Å². The number of hydrogen-bond acceptors (Lipinski definition) is 3. The molecular weight excluding hydrogens is 431 g/mol. The van der Waals surface area contributed by atoms with E-state index in [1.54, 1.807) is 18.2 Å². The highest BCUT2D eigenvalue weighted by molar-refractivity contribution is 7.88. The fourth-order valence-corrected chi connectivity index (χ4v) is 6.28. The lowest BCUT2D eigenvalue weighted by atomic mass is 9.81. The Labute approximate surface area is 185 Å². The number of carbonyl (C=O) groups is 1. The minimum atomic E-state index is -3.51. The number of nitrogens with one attached hydrogen (secondary N) is 1. The predicted octanol–water partition coefficient (Wildman–Crippen LogP) is 4.87. The highest BCUT2D eigenvalue weighted by Crippen LogP contribution is 2.29. The van der Waals surface area contributed by atoms with Gasteiger partial charge in [0, 0.05) is 34.6 Å². The van der Waals surface area contributed by atoms with E-state index in [0.717, 1.165) is 6.42 Å². The summed E-state index contributed by atoms with van der Waals surface area (Å²) in [6.07, 6.45) is 1.90. The number of halogens is 2. The van der Waals surface area contributed by atoms with Crippen LogP contribution >= 0.6 is 23.2 Å². The Balaban J connectivity index is 1.94. The average Bonchev–Trinajstić information content (AvgIpc) is 2.55. The van der Waals surface area contributed by atoms with Crippen molar-refractivity contribution in [3.8, 4) is 0 Å². The predicted molar refractivity (Wildman–Crippen MR) is 120 cm³/mol. The minimum Gasteiger partial charge on any atom is -0.351 e. The van der Waals surface area contributed by atoms with Gasteiger partial charge in [0.15, 0.2) is 0 Å². The second-order valence-corrected chi connectivity index (χ2v) is 12.6. The maximum Gasteiger partial charge on any atom is 0.223 e. The zero-order valence-electron chi connectivity index (χ0n) is 17.9. The Morgan fingerprint density at radius 2 is 1.72 bits per heavy atom. The van der Waals surface area contributed by atoms with Crippen molar-refractivity contribution in [1.29, 1.82) is 0 Å². The van der Waals surface area contributed by atoms with Gasteiger partial charge in [-0.1, -0.05) is 50.0 Å². The second kappa shape index (κ2) is 9.13. The molecule has 8 heteroatoms. The zero-order chi connectivity index (χ0) is 22.0. The van der Waals surface area contributed by atoms with Gasteiger partial charge in [-0.15, -0.1) is 0 Å². The van der Waals surface area contributed by atoms with E-state index < -0.39 is 10.0 Å². The molecule has 1 aromatic rings. The number of benzene rings is 1. The number of hydrogen-bond donors (Lipinski definition) is 1. The molecular formula is C21H32Cl2N2O3S. The van der Waals surface area contributed by atoms with Crippen LogP contribution in [0.1, 0.15) is 59.4 Å². The maximum absolute atomic E-state index is 12.8. The lowest BCUT2D eigenvalue weighted by molar-refractivity contribution is -0.128. The van der Waals surface area contributed by atoms with Crippen molar-refractivity contribution < 1.29 is 13.2 Å². The van der Waals surface area contributed by atoms with Crippen LogP contribution in [0.5, 0.6) is 0 Å². The summed E-state index contributed by atoms with van der Waals surface area (Å²) in [5, 5.41) is 3.97. The molecule has 29 heavy (non-hydrogen) atoms. The third-order valence-corrected chi connectivity index (χ3v) is 7.42. The average molecular weight is 463 g/mol. The number of sulfonamides is 1. The quantitative estimate of drug-likeness (QED) is 0.655. The van der Waals surface area contributed by atoms with Crippen LogP contribution in [0.4, 0.5) is 0 Å². The monoisotopic (exact) mass is 462 g/mol. The highest BCUT2D eigenvalue weighted by atomic mass is 35.5. The van der Waals surface area contributed by atoms with Crippen LogP contribution < -0.4 is 5.32 Å². The van der Waals surface area contributed by atoms with E-state index in [9.17, 15) is 13.2 Å². The van der Waals surface area contributed by atoms with Crippen LogP contribution in [0.25, 0.3) is 0 Å². The number of amides is 1. The lowest BCUT2D eigenvalue weighted by Gasteiger charge is -2.36. The summed E-state index contributed by atoms with van der Waals surface area (Å²) in [4.78, 5) is 12.7. The van der Waals surface area contributed by atoms with Crippen molar-refractivity contribution in [1.82, 2.24) is 9.62 Å². The summed E-state index contributed by atoms with van der Waals surface area (Å²) in [5.41, 5.74) is 0.334. The third-order valence-electron chi connectivity index (χ3n) is 5.00. The highest BCUT2D eigenvalue weighted by Gasteiger charge is 2.34. The molecule has 2 rings (SSSR count). The van der Waals surface area contributed by atoms with Gasteiger partial charge in [0.1, 0.15) is 0 Å². The van der Waals surface area contributed by atoms with E-state index in [2.05, 4.69) is 26.1 Å². The smallest absolute Gasteiger partial charge is 0.223 e. The molecule has 0 saturated carbocycles. The number of piperidine rings is 1. The van der Waals surface area contributed by atoms with E-state index in [1.807, 2.05) is 13.8 Å². The Morgan fingerprint density at radius 3 is 2.24 bits per heavy atom. The van der Waals surface area contributed by atoms with Crippen molar-refractivity contribution in [2.45, 2.75) is 65.2 Å². The molecule has 1 heterocycles. The van der Waals surface area contributed by atoms with E-state index in [-0.39, 0.29) is 28.5 Å². The Morgan fingerprint density at radius 1 is 1.14 bits per heavy atom. The molecule has 1 aliphatic heterocycles. The van der Waals surface area contributed by atoms with E-state index in [1.165, 1.54) is 4.31 Å². The van der Waals surface area contributed by atoms with Crippen molar-refractivity contribution in [2.75, 3.05) is 13.1 Å². The molecule has 0 aromatic heterocycles. The first kappa shape index (κ1) is 24.4. The fraction of sp³-hybridized carbons (Fsp3) is 0.667. The van der Waals surface area contributed by atoms with Gasteiger partial charge < -0.3 is 5.32 Å². The van der Waals surface area contributed by atoms with Crippen LogP contribution in [-0.2, 0) is 20.6 Å². The van der Waals surface area contributed by atoms with E-state index in [4.69, 9.17) is 23.2 Å². The largest absolute Gasteiger partial charge is 0.351 e. The SMILES string of the molecule is CC(C)(C)CC(C)(C)NC(=O)C1CCN(S(=O)(=O)Cc2ccc(Cl)cc2Cl)CC1. The fourth-order valence-electron chi connectivity index (χ4n) is 4.13. The van der Waals surface area contributed by atoms with Gasteiger partial charge in [-0.25, -0.2) is 12.7 Å². The molecule has 5 nitrogen and oxygen atoms in total. The summed E-state index contributed by atoms with van der Waals surface area (Å²) in [6, 6.07) is 4.82. The molecule has 1 aliphatic rings. The van der Waals surface area contributed by atoms with Crippen LogP contribution in [0.2, 0.25) is 10.0 Å². The van der Waals surface area contributed by atoms with Gasteiger partial charge in [0.05, 0.1) is 5.75 Å². The first-order valence-electron chi connectivity index (χ1n) is 9.92. The van der Waals surface area contributed by atoms with Gasteiger partial charge in [0.2, 0.25) is 15.9 Å². The summed E-state index contributed by atoms with van der Waals surface area (Å²) >= 11 is 12.0. The molecule has 1 saturated heterocycles. The minimum absolute atomic E-state index is 0.0112. The Hall–Kier alpha value is -0.820. The number of rotatable bonds is 6. The molecule has 0 atom stereocenters. The summed E-state index contributed by atoms with van der Waals surface area (Å²) in [6.45, 7) is 11.2. The Bertz CT molecular complexity index is 840. The summed E-state index contributed by atoms with van der Waals surface area (Å²) in [5.74, 6) is -0.324. The first-order valence-corrected chi connectivity index (χ1v) is 12.3. The second-order valence-electron chi connectivity index (χ2n) is 9.78. The van der Waals surface area contributed by atoms with Gasteiger partial charge in [0.25, 0.3) is 0 Å². The van der Waals surface area contributed by atoms with Crippen LogP contribution in [0.15, 0.2) is 18.2 Å². The van der Waals surface area contributed by atoms with Crippen LogP contribution in [0.3, 0.4) is 0 Å². The van der Waals surface area contributed by atoms with Gasteiger partial charge >= 0.3 is 0 Å². The third kappa shape index (κ3) is 7.42. The summed E-state index contributed by atoms with van der Waals surface area (Å²) < 4.78 is 27.0. The molecule has 1 N–H and O–H groups in total. The van der Waals surface area contributed by atoms with Gasteiger partial charge in [-0.05, 0) is 56.2 Å².